The Balaban J connectivity index is 1.69. The molecule has 2 rings (SSSR count). The first kappa shape index (κ1) is 17.6. The van der Waals surface area contributed by atoms with Crippen molar-refractivity contribution in [3.63, 3.8) is 0 Å². The molecule has 0 aliphatic carbocycles. The predicted molar refractivity (Wildman–Crippen MR) is 94.9 cm³/mol. The fraction of sp³-hybridized carbons (Fsp3) is 0.333. The first-order valence-electron chi connectivity index (χ1n) is 7.78. The Morgan fingerprint density at radius 2 is 1.83 bits per heavy atom. The maximum atomic E-state index is 11.9. The third-order valence-electron chi connectivity index (χ3n) is 3.37. The Bertz CT molecular complexity index is 640. The monoisotopic (exact) mass is 329 g/mol. The lowest BCUT2D eigenvalue weighted by atomic mass is 10.3. The zero-order valence-corrected chi connectivity index (χ0v) is 14.3. The second-order valence-electron chi connectivity index (χ2n) is 5.48. The van der Waals surface area contributed by atoms with Gasteiger partial charge in [-0.25, -0.2) is 4.98 Å². The minimum Gasteiger partial charge on any atom is -0.497 e. The number of carbonyl (C=O) groups excluding carboxylic acids is 1. The molecular weight excluding hydrogens is 306 g/mol. The third-order valence-corrected chi connectivity index (χ3v) is 3.37. The number of hydrogen-bond donors (Lipinski definition) is 1. The number of hydrogen-bond acceptors (Lipinski definition) is 5. The molecule has 6 heteroatoms. The molecule has 1 heterocycles. The third kappa shape index (κ3) is 5.46. The zero-order chi connectivity index (χ0) is 17.4. The van der Waals surface area contributed by atoms with Gasteiger partial charge in [0, 0.05) is 20.5 Å². The zero-order valence-electron chi connectivity index (χ0n) is 14.3. The first-order chi connectivity index (χ1) is 11.6. The molecule has 1 amide bonds. The highest BCUT2D eigenvalue weighted by Crippen LogP contribution is 2.17. The molecule has 0 saturated heterocycles. The molecule has 6 nitrogen and oxygen atoms in total. The number of benzene rings is 1. The van der Waals surface area contributed by atoms with E-state index in [1.165, 1.54) is 0 Å². The summed E-state index contributed by atoms with van der Waals surface area (Å²) in [5.41, 5.74) is 0.696. The highest BCUT2D eigenvalue weighted by atomic mass is 16.5. The first-order valence-corrected chi connectivity index (χ1v) is 7.78. The van der Waals surface area contributed by atoms with E-state index in [0.717, 1.165) is 17.3 Å². The molecule has 0 aliphatic heterocycles. The van der Waals surface area contributed by atoms with E-state index in [2.05, 4.69) is 10.3 Å². The number of nitrogens with one attached hydrogen (secondary N) is 1. The molecule has 2 aromatic rings. The smallest absolute Gasteiger partial charge is 0.224 e. The van der Waals surface area contributed by atoms with Crippen LogP contribution in [-0.2, 0) is 4.79 Å². The molecule has 0 fully saturated rings. The lowest BCUT2D eigenvalue weighted by molar-refractivity contribution is -0.116. The van der Waals surface area contributed by atoms with Crippen LogP contribution in [0.5, 0.6) is 11.5 Å². The van der Waals surface area contributed by atoms with Gasteiger partial charge in [-0.15, -0.1) is 0 Å². The van der Waals surface area contributed by atoms with E-state index < -0.39 is 0 Å². The van der Waals surface area contributed by atoms with E-state index in [0.29, 0.717) is 25.1 Å². The van der Waals surface area contributed by atoms with Crippen molar-refractivity contribution in [3.8, 4) is 11.5 Å². The molecule has 24 heavy (non-hydrogen) atoms. The average Bonchev–Trinajstić information content (AvgIpc) is 2.59. The summed E-state index contributed by atoms with van der Waals surface area (Å²) < 4.78 is 10.7. The topological polar surface area (TPSA) is 63.7 Å². The van der Waals surface area contributed by atoms with Gasteiger partial charge in [0.05, 0.1) is 25.6 Å². The van der Waals surface area contributed by atoms with E-state index in [1.807, 2.05) is 55.4 Å². The molecule has 1 aromatic heterocycles. The number of methoxy groups -OCH3 is 1. The van der Waals surface area contributed by atoms with Crippen LogP contribution in [0.1, 0.15) is 12.8 Å². The van der Waals surface area contributed by atoms with Crippen LogP contribution in [0, 0.1) is 0 Å². The molecular formula is C18H23N3O3. The quantitative estimate of drug-likeness (QED) is 0.754. The summed E-state index contributed by atoms with van der Waals surface area (Å²) in [6, 6.07) is 11.1. The number of carbonyl (C=O) groups is 1. The standard InChI is InChI=1S/C18H23N3O3/c1-21(2)17-11-6-14(13-19-17)20-18(22)5-4-12-24-16-9-7-15(23-3)8-10-16/h6-11,13H,4-5,12H2,1-3H3,(H,20,22). The number of rotatable bonds is 8. The van der Waals surface area contributed by atoms with Crippen LogP contribution in [0.2, 0.25) is 0 Å². The summed E-state index contributed by atoms with van der Waals surface area (Å²) in [4.78, 5) is 18.1. The summed E-state index contributed by atoms with van der Waals surface area (Å²) in [7, 11) is 5.46. The molecule has 0 saturated carbocycles. The molecule has 1 N–H and O–H groups in total. The van der Waals surface area contributed by atoms with E-state index in [9.17, 15) is 4.79 Å². The van der Waals surface area contributed by atoms with Crippen LogP contribution in [0.15, 0.2) is 42.6 Å². The highest BCUT2D eigenvalue weighted by molar-refractivity contribution is 5.90. The second kappa shape index (κ2) is 8.76. The maximum Gasteiger partial charge on any atom is 0.224 e. The minimum absolute atomic E-state index is 0.0484. The predicted octanol–water partition coefficient (Wildman–Crippen LogP) is 2.95. The summed E-state index contributed by atoms with van der Waals surface area (Å²) >= 11 is 0. The van der Waals surface area contributed by atoms with E-state index in [1.54, 1.807) is 13.3 Å². The van der Waals surface area contributed by atoms with Gasteiger partial charge in [0.15, 0.2) is 0 Å². The lowest BCUT2D eigenvalue weighted by Crippen LogP contribution is -2.14. The fourth-order valence-electron chi connectivity index (χ4n) is 2.04. The van der Waals surface area contributed by atoms with E-state index >= 15 is 0 Å². The molecule has 128 valence electrons. The molecule has 0 unspecified atom stereocenters. The van der Waals surface area contributed by atoms with Crippen molar-refractivity contribution in [2.45, 2.75) is 12.8 Å². The summed E-state index contributed by atoms with van der Waals surface area (Å²) in [6.45, 7) is 0.484. The van der Waals surface area contributed by atoms with Gasteiger partial charge < -0.3 is 19.7 Å². The van der Waals surface area contributed by atoms with Crippen LogP contribution >= 0.6 is 0 Å². The van der Waals surface area contributed by atoms with Gasteiger partial charge in [0.2, 0.25) is 5.91 Å². The van der Waals surface area contributed by atoms with Gasteiger partial charge in [-0.05, 0) is 42.8 Å². The van der Waals surface area contributed by atoms with Gasteiger partial charge in [-0.3, -0.25) is 4.79 Å². The van der Waals surface area contributed by atoms with Gasteiger partial charge in [0.25, 0.3) is 0 Å². The largest absolute Gasteiger partial charge is 0.497 e. The number of pyridine rings is 1. The Labute approximate surface area is 142 Å². The lowest BCUT2D eigenvalue weighted by Gasteiger charge is -2.11. The van der Waals surface area contributed by atoms with E-state index in [4.69, 9.17) is 9.47 Å². The summed E-state index contributed by atoms with van der Waals surface area (Å²) in [6.07, 6.45) is 2.69. The van der Waals surface area contributed by atoms with E-state index in [-0.39, 0.29) is 5.91 Å². The molecule has 0 aliphatic rings. The van der Waals surface area contributed by atoms with Gasteiger partial charge in [-0.1, -0.05) is 0 Å². The van der Waals surface area contributed by atoms with Gasteiger partial charge in [-0.2, -0.15) is 0 Å². The van der Waals surface area contributed by atoms with Crippen molar-refractivity contribution < 1.29 is 14.3 Å². The Morgan fingerprint density at radius 3 is 2.42 bits per heavy atom. The van der Waals surface area contributed by atoms with Crippen molar-refractivity contribution in [2.75, 3.05) is 38.0 Å². The van der Waals surface area contributed by atoms with Crippen molar-refractivity contribution in [2.24, 2.45) is 0 Å². The summed E-state index contributed by atoms with van der Waals surface area (Å²) in [5, 5.41) is 2.83. The van der Waals surface area contributed by atoms with Crippen molar-refractivity contribution in [1.29, 1.82) is 0 Å². The Morgan fingerprint density at radius 1 is 1.12 bits per heavy atom. The fourth-order valence-corrected chi connectivity index (χ4v) is 2.04. The molecule has 0 atom stereocenters. The van der Waals surface area contributed by atoms with Gasteiger partial charge in [0.1, 0.15) is 17.3 Å². The van der Waals surface area contributed by atoms with Gasteiger partial charge >= 0.3 is 0 Å². The average molecular weight is 329 g/mol. The molecule has 0 bridgehead atoms. The molecule has 0 spiro atoms. The van der Waals surface area contributed by atoms with Crippen LogP contribution in [0.25, 0.3) is 0 Å². The Kier molecular flexibility index (Phi) is 6.42. The van der Waals surface area contributed by atoms with Crippen LogP contribution in [-0.4, -0.2) is 38.7 Å². The molecule has 0 radical (unpaired) electrons. The number of amides is 1. The van der Waals surface area contributed by atoms with Crippen molar-refractivity contribution >= 4 is 17.4 Å². The number of nitrogens with zero attached hydrogens (tertiary/aromatic N) is 2. The van der Waals surface area contributed by atoms with Crippen molar-refractivity contribution in [3.05, 3.63) is 42.6 Å². The number of ether oxygens (including phenoxy) is 2. The SMILES string of the molecule is COc1ccc(OCCCC(=O)Nc2ccc(N(C)C)nc2)cc1. The number of anilines is 2. The second-order valence-corrected chi connectivity index (χ2v) is 5.48. The maximum absolute atomic E-state index is 11.9. The van der Waals surface area contributed by atoms with Crippen molar-refractivity contribution in [1.82, 2.24) is 4.98 Å². The van der Waals surface area contributed by atoms with Crippen LogP contribution < -0.4 is 19.7 Å². The normalized spacial score (nSPS) is 10.1. The molecule has 1 aromatic carbocycles. The van der Waals surface area contributed by atoms with Crippen LogP contribution in [0.3, 0.4) is 0 Å². The summed E-state index contributed by atoms with van der Waals surface area (Å²) in [5.74, 6) is 2.35. The van der Waals surface area contributed by atoms with Crippen LogP contribution in [0.4, 0.5) is 11.5 Å². The minimum atomic E-state index is -0.0484. The highest BCUT2D eigenvalue weighted by Gasteiger charge is 2.04. The number of aromatic nitrogens is 1. The Hall–Kier alpha value is -2.76.